The summed E-state index contributed by atoms with van der Waals surface area (Å²) < 4.78 is 52.8. The zero-order valence-corrected chi connectivity index (χ0v) is 23.1. The van der Waals surface area contributed by atoms with E-state index in [0.29, 0.717) is 0 Å². The molecular formula is C28H37F2N3O4S. The molecule has 2 amide bonds. The zero-order valence-electron chi connectivity index (χ0n) is 22.3. The Labute approximate surface area is 224 Å². The number of aryl methyl sites for hydroxylation is 1. The number of anilines is 1. The Morgan fingerprint density at radius 3 is 2.37 bits per heavy atom. The topological polar surface area (TPSA) is 86.8 Å². The molecule has 0 unspecified atom stereocenters. The van der Waals surface area contributed by atoms with Gasteiger partial charge in [-0.1, -0.05) is 43.5 Å². The van der Waals surface area contributed by atoms with Crippen molar-refractivity contribution in [3.63, 3.8) is 0 Å². The van der Waals surface area contributed by atoms with Crippen LogP contribution >= 0.6 is 0 Å². The molecule has 2 aromatic rings. The largest absolute Gasteiger partial charge is 0.352 e. The fourth-order valence-corrected chi connectivity index (χ4v) is 5.72. The molecule has 0 radical (unpaired) electrons. The lowest BCUT2D eigenvalue weighted by molar-refractivity contribution is -0.141. The van der Waals surface area contributed by atoms with Crippen LogP contribution in [0.3, 0.4) is 0 Å². The van der Waals surface area contributed by atoms with Crippen LogP contribution in [0.1, 0.15) is 63.0 Å². The summed E-state index contributed by atoms with van der Waals surface area (Å²) in [6, 6.07) is 9.89. The van der Waals surface area contributed by atoms with Crippen LogP contribution in [0, 0.1) is 18.6 Å². The Hall–Kier alpha value is -3.01. The molecule has 1 saturated carbocycles. The smallest absolute Gasteiger partial charge is 0.242 e. The Bertz CT molecular complexity index is 1230. The molecule has 0 heterocycles. The number of halogens is 2. The van der Waals surface area contributed by atoms with Crippen LogP contribution in [0.15, 0.2) is 42.5 Å². The van der Waals surface area contributed by atoms with E-state index in [9.17, 15) is 26.8 Å². The molecule has 2 aromatic carbocycles. The number of carbonyl (C=O) groups excluding carboxylic acids is 2. The van der Waals surface area contributed by atoms with E-state index < -0.39 is 27.7 Å². The van der Waals surface area contributed by atoms with Crippen LogP contribution in [-0.4, -0.2) is 50.0 Å². The van der Waals surface area contributed by atoms with Crippen molar-refractivity contribution in [2.75, 3.05) is 17.1 Å². The Balaban J connectivity index is 1.73. The Morgan fingerprint density at radius 2 is 1.74 bits per heavy atom. The summed E-state index contributed by atoms with van der Waals surface area (Å²) in [6.07, 6.45) is 6.23. The van der Waals surface area contributed by atoms with Gasteiger partial charge >= 0.3 is 0 Å². The highest BCUT2D eigenvalue weighted by Crippen LogP contribution is 2.22. The monoisotopic (exact) mass is 549 g/mol. The molecule has 7 nitrogen and oxygen atoms in total. The molecule has 1 aliphatic rings. The number of benzene rings is 2. The summed E-state index contributed by atoms with van der Waals surface area (Å²) in [6.45, 7) is 3.79. The van der Waals surface area contributed by atoms with Gasteiger partial charge in [0.2, 0.25) is 21.8 Å². The van der Waals surface area contributed by atoms with Crippen LogP contribution in [0.4, 0.5) is 14.5 Å². The summed E-state index contributed by atoms with van der Waals surface area (Å²) in [4.78, 5) is 28.1. The maximum atomic E-state index is 13.8. The van der Waals surface area contributed by atoms with Crippen molar-refractivity contribution >= 4 is 27.5 Å². The fraction of sp³-hybridized carbons (Fsp3) is 0.500. The van der Waals surface area contributed by atoms with Crippen molar-refractivity contribution in [3.8, 4) is 0 Å². The van der Waals surface area contributed by atoms with Gasteiger partial charge in [0.25, 0.3) is 0 Å². The molecule has 0 spiro atoms. The van der Waals surface area contributed by atoms with E-state index >= 15 is 0 Å². The Morgan fingerprint density at radius 1 is 1.05 bits per heavy atom. The van der Waals surface area contributed by atoms with Crippen molar-refractivity contribution in [2.45, 2.75) is 77.4 Å². The van der Waals surface area contributed by atoms with E-state index in [-0.39, 0.29) is 49.5 Å². The molecule has 1 atom stereocenters. The molecular weight excluding hydrogens is 512 g/mol. The molecule has 0 bridgehead atoms. The van der Waals surface area contributed by atoms with Gasteiger partial charge in [0.05, 0.1) is 11.9 Å². The Kier molecular flexibility index (Phi) is 10.2. The maximum absolute atomic E-state index is 13.8. The van der Waals surface area contributed by atoms with E-state index in [0.717, 1.165) is 65.9 Å². The van der Waals surface area contributed by atoms with E-state index in [1.807, 2.05) is 31.2 Å². The van der Waals surface area contributed by atoms with E-state index in [2.05, 4.69) is 5.32 Å². The average Bonchev–Trinajstić information content (AvgIpc) is 2.87. The van der Waals surface area contributed by atoms with Crippen LogP contribution < -0.4 is 9.62 Å². The number of rotatable bonds is 11. The lowest BCUT2D eigenvalue weighted by Gasteiger charge is -2.32. The number of carbonyl (C=O) groups is 2. The van der Waals surface area contributed by atoms with Crippen molar-refractivity contribution in [1.29, 1.82) is 0 Å². The number of hydrogen-bond acceptors (Lipinski definition) is 4. The summed E-state index contributed by atoms with van der Waals surface area (Å²) in [7, 11) is -3.81. The average molecular weight is 550 g/mol. The van der Waals surface area contributed by atoms with E-state index in [1.54, 1.807) is 6.92 Å². The lowest BCUT2D eigenvalue weighted by Crippen LogP contribution is -2.50. The highest BCUT2D eigenvalue weighted by atomic mass is 32.2. The molecule has 0 aromatic heterocycles. The number of hydrogen-bond donors (Lipinski definition) is 1. The first-order chi connectivity index (χ1) is 18.0. The van der Waals surface area contributed by atoms with Crippen LogP contribution in [-0.2, 0) is 26.2 Å². The molecule has 1 aliphatic carbocycles. The zero-order chi connectivity index (χ0) is 27.9. The van der Waals surface area contributed by atoms with Gasteiger partial charge in [0, 0.05) is 31.6 Å². The molecule has 0 aliphatic heterocycles. The predicted molar refractivity (Wildman–Crippen MR) is 144 cm³/mol. The van der Waals surface area contributed by atoms with Crippen LogP contribution in [0.5, 0.6) is 0 Å². The van der Waals surface area contributed by atoms with Gasteiger partial charge in [0.1, 0.15) is 6.04 Å². The maximum Gasteiger partial charge on any atom is 0.242 e. The third-order valence-corrected chi connectivity index (χ3v) is 8.26. The van der Waals surface area contributed by atoms with Crippen molar-refractivity contribution in [1.82, 2.24) is 10.2 Å². The van der Waals surface area contributed by atoms with Crippen LogP contribution in [0.2, 0.25) is 0 Å². The van der Waals surface area contributed by atoms with Gasteiger partial charge < -0.3 is 10.2 Å². The first-order valence-electron chi connectivity index (χ1n) is 13.0. The fourth-order valence-electron chi connectivity index (χ4n) is 4.77. The second kappa shape index (κ2) is 13.2. The minimum Gasteiger partial charge on any atom is -0.352 e. The molecule has 208 valence electrons. The number of nitrogens with zero attached hydrogens (tertiary/aromatic N) is 2. The summed E-state index contributed by atoms with van der Waals surface area (Å²) in [5.74, 6) is -2.74. The molecule has 0 saturated heterocycles. The number of sulfonamides is 1. The lowest BCUT2D eigenvalue weighted by atomic mass is 9.95. The normalized spacial score (nSPS) is 15.1. The van der Waals surface area contributed by atoms with E-state index in [4.69, 9.17) is 0 Å². The standard InChI is InChI=1S/C28H37F2N3O4S/c1-20-10-7-8-11-22(20)19-32(21(2)28(35)31-23-12-5-4-6-13-23)27(34)14-9-17-33(38(3,36)37)24-15-16-25(29)26(30)18-24/h7-8,10-11,15-16,18,21,23H,4-6,9,12-14,17,19H2,1-3H3,(H,31,35)/t21-/m0/s1. The van der Waals surface area contributed by atoms with Crippen molar-refractivity contribution in [3.05, 3.63) is 65.2 Å². The molecule has 1 N–H and O–H groups in total. The third kappa shape index (κ3) is 7.99. The number of amides is 2. The highest BCUT2D eigenvalue weighted by Gasteiger charge is 2.29. The van der Waals surface area contributed by atoms with Crippen molar-refractivity contribution in [2.24, 2.45) is 0 Å². The van der Waals surface area contributed by atoms with Crippen LogP contribution in [0.25, 0.3) is 0 Å². The molecule has 1 fully saturated rings. The van der Waals surface area contributed by atoms with Gasteiger partial charge in [-0.3, -0.25) is 13.9 Å². The molecule has 3 rings (SSSR count). The minimum atomic E-state index is -3.81. The summed E-state index contributed by atoms with van der Waals surface area (Å²) in [5, 5.41) is 3.09. The first-order valence-corrected chi connectivity index (χ1v) is 14.9. The molecule has 10 heteroatoms. The number of nitrogens with one attached hydrogen (secondary N) is 1. The predicted octanol–water partition coefficient (Wildman–Crippen LogP) is 4.69. The molecule has 38 heavy (non-hydrogen) atoms. The van der Waals surface area contributed by atoms with Gasteiger partial charge in [-0.05, 0) is 56.4 Å². The third-order valence-electron chi connectivity index (χ3n) is 7.06. The SMILES string of the molecule is Cc1ccccc1CN(C(=O)CCCN(c1ccc(F)c(F)c1)S(C)(=O)=O)[C@@H](C)C(=O)NC1CCCCC1. The van der Waals surface area contributed by atoms with Gasteiger partial charge in [-0.25, -0.2) is 17.2 Å². The second-order valence-corrected chi connectivity index (χ2v) is 11.9. The highest BCUT2D eigenvalue weighted by molar-refractivity contribution is 7.92. The summed E-state index contributed by atoms with van der Waals surface area (Å²) in [5.41, 5.74) is 1.89. The first kappa shape index (κ1) is 29.5. The second-order valence-electron chi connectivity index (χ2n) is 10.0. The minimum absolute atomic E-state index is 0.0177. The van der Waals surface area contributed by atoms with Gasteiger partial charge in [-0.2, -0.15) is 0 Å². The quantitative estimate of drug-likeness (QED) is 0.441. The van der Waals surface area contributed by atoms with Crippen molar-refractivity contribution < 1.29 is 26.8 Å². The van der Waals surface area contributed by atoms with Gasteiger partial charge in [-0.15, -0.1) is 0 Å². The van der Waals surface area contributed by atoms with E-state index in [1.165, 1.54) is 11.0 Å². The summed E-state index contributed by atoms with van der Waals surface area (Å²) >= 11 is 0. The van der Waals surface area contributed by atoms with Gasteiger partial charge in [0.15, 0.2) is 11.6 Å².